The van der Waals surface area contributed by atoms with Gasteiger partial charge in [0.05, 0.1) is 6.42 Å². The van der Waals surface area contributed by atoms with Crippen LogP contribution in [0, 0.1) is 0 Å². The minimum atomic E-state index is 0.137. The fraction of sp³-hybridized carbons (Fsp3) is 0.368. The standard InChI is InChI=1S/C19H21BrN2O/c20-16-11-9-15(10-12-16)14-19(23)22(17-6-2-1-3-7-17)18-8-4-5-13-21-18/h4-5,8-13,17H,1-3,6-7,14H2. The van der Waals surface area contributed by atoms with Crippen LogP contribution in [0.3, 0.4) is 0 Å². The molecule has 0 spiro atoms. The number of rotatable bonds is 4. The quantitative estimate of drug-likeness (QED) is 0.775. The van der Waals surface area contributed by atoms with Gasteiger partial charge in [0.2, 0.25) is 5.91 Å². The van der Waals surface area contributed by atoms with Crippen LogP contribution in [0.2, 0.25) is 0 Å². The van der Waals surface area contributed by atoms with Gasteiger partial charge in [-0.2, -0.15) is 0 Å². The summed E-state index contributed by atoms with van der Waals surface area (Å²) >= 11 is 3.43. The molecular formula is C19H21BrN2O. The summed E-state index contributed by atoms with van der Waals surface area (Å²) in [5, 5.41) is 0. The summed E-state index contributed by atoms with van der Waals surface area (Å²) in [4.78, 5) is 19.3. The second kappa shape index (κ2) is 7.73. The van der Waals surface area contributed by atoms with Gasteiger partial charge in [-0.3, -0.25) is 9.69 Å². The molecule has 0 N–H and O–H groups in total. The van der Waals surface area contributed by atoms with Crippen LogP contribution in [-0.4, -0.2) is 16.9 Å². The van der Waals surface area contributed by atoms with Crippen LogP contribution in [0.1, 0.15) is 37.7 Å². The predicted molar refractivity (Wildman–Crippen MR) is 96.4 cm³/mol. The first-order valence-electron chi connectivity index (χ1n) is 8.21. The molecule has 0 bridgehead atoms. The lowest BCUT2D eigenvalue weighted by atomic mass is 9.93. The Balaban J connectivity index is 1.82. The molecule has 0 saturated heterocycles. The molecule has 23 heavy (non-hydrogen) atoms. The minimum absolute atomic E-state index is 0.137. The third-order valence-electron chi connectivity index (χ3n) is 4.37. The van der Waals surface area contributed by atoms with E-state index >= 15 is 0 Å². The smallest absolute Gasteiger partial charge is 0.232 e. The van der Waals surface area contributed by atoms with Gasteiger partial charge in [-0.25, -0.2) is 4.98 Å². The molecule has 1 fully saturated rings. The number of benzene rings is 1. The fourth-order valence-corrected chi connectivity index (χ4v) is 3.48. The van der Waals surface area contributed by atoms with Crippen LogP contribution in [0.25, 0.3) is 0 Å². The lowest BCUT2D eigenvalue weighted by molar-refractivity contribution is -0.118. The van der Waals surface area contributed by atoms with Gasteiger partial charge >= 0.3 is 0 Å². The largest absolute Gasteiger partial charge is 0.293 e. The number of amides is 1. The summed E-state index contributed by atoms with van der Waals surface area (Å²) in [5.74, 6) is 0.916. The van der Waals surface area contributed by atoms with E-state index in [1.54, 1.807) is 6.20 Å². The Morgan fingerprint density at radius 3 is 2.48 bits per heavy atom. The molecule has 1 saturated carbocycles. The van der Waals surface area contributed by atoms with Crippen LogP contribution in [0.15, 0.2) is 53.1 Å². The van der Waals surface area contributed by atoms with Crippen molar-refractivity contribution in [2.75, 3.05) is 4.90 Å². The maximum atomic E-state index is 13.0. The predicted octanol–water partition coefficient (Wildman–Crippen LogP) is 4.75. The van der Waals surface area contributed by atoms with Crippen LogP contribution in [0.4, 0.5) is 5.82 Å². The van der Waals surface area contributed by atoms with Gasteiger partial charge in [0.15, 0.2) is 0 Å². The Kier molecular flexibility index (Phi) is 5.44. The zero-order valence-corrected chi connectivity index (χ0v) is 14.7. The molecule has 1 amide bonds. The van der Waals surface area contributed by atoms with Crippen molar-refractivity contribution in [1.82, 2.24) is 4.98 Å². The van der Waals surface area contributed by atoms with Gasteiger partial charge in [-0.15, -0.1) is 0 Å². The number of carbonyl (C=O) groups excluding carboxylic acids is 1. The van der Waals surface area contributed by atoms with E-state index in [1.807, 2.05) is 47.4 Å². The minimum Gasteiger partial charge on any atom is -0.293 e. The molecule has 1 heterocycles. The normalized spacial score (nSPS) is 15.3. The highest BCUT2D eigenvalue weighted by atomic mass is 79.9. The van der Waals surface area contributed by atoms with Crippen LogP contribution in [0.5, 0.6) is 0 Å². The zero-order valence-electron chi connectivity index (χ0n) is 13.1. The monoisotopic (exact) mass is 372 g/mol. The van der Waals surface area contributed by atoms with Crippen molar-refractivity contribution in [1.29, 1.82) is 0 Å². The van der Waals surface area contributed by atoms with Crippen molar-refractivity contribution in [3.05, 3.63) is 58.7 Å². The van der Waals surface area contributed by atoms with E-state index in [0.29, 0.717) is 6.42 Å². The maximum absolute atomic E-state index is 13.0. The van der Waals surface area contributed by atoms with E-state index in [-0.39, 0.29) is 11.9 Å². The molecule has 1 aromatic carbocycles. The van der Waals surface area contributed by atoms with Gasteiger partial charge in [0, 0.05) is 16.7 Å². The topological polar surface area (TPSA) is 33.2 Å². The summed E-state index contributed by atoms with van der Waals surface area (Å²) in [7, 11) is 0. The lowest BCUT2D eigenvalue weighted by Crippen LogP contribution is -2.43. The number of hydrogen-bond acceptors (Lipinski definition) is 2. The number of aromatic nitrogens is 1. The van der Waals surface area contributed by atoms with Crippen molar-refractivity contribution in [2.45, 2.75) is 44.6 Å². The van der Waals surface area contributed by atoms with Gasteiger partial charge < -0.3 is 0 Å². The molecule has 4 heteroatoms. The lowest BCUT2D eigenvalue weighted by Gasteiger charge is -2.33. The van der Waals surface area contributed by atoms with Gasteiger partial charge in [-0.05, 0) is 42.7 Å². The fourth-order valence-electron chi connectivity index (χ4n) is 3.22. The average Bonchev–Trinajstić information content (AvgIpc) is 2.59. The Bertz CT molecular complexity index is 636. The molecule has 0 atom stereocenters. The number of nitrogens with zero attached hydrogens (tertiary/aromatic N) is 2. The third-order valence-corrected chi connectivity index (χ3v) is 4.90. The summed E-state index contributed by atoms with van der Waals surface area (Å²) in [6.07, 6.45) is 7.98. The number of anilines is 1. The van der Waals surface area contributed by atoms with E-state index in [9.17, 15) is 4.79 Å². The molecule has 0 radical (unpaired) electrons. The number of carbonyl (C=O) groups is 1. The molecular weight excluding hydrogens is 352 g/mol. The first-order valence-corrected chi connectivity index (χ1v) is 9.01. The first-order chi connectivity index (χ1) is 11.2. The number of pyridine rings is 1. The second-order valence-electron chi connectivity index (χ2n) is 6.05. The molecule has 0 aliphatic heterocycles. The van der Waals surface area contributed by atoms with Crippen molar-refractivity contribution in [2.24, 2.45) is 0 Å². The van der Waals surface area contributed by atoms with Crippen molar-refractivity contribution >= 4 is 27.7 Å². The molecule has 1 aliphatic carbocycles. The average molecular weight is 373 g/mol. The third kappa shape index (κ3) is 4.20. The van der Waals surface area contributed by atoms with Gasteiger partial charge in [0.25, 0.3) is 0 Å². The molecule has 2 aromatic rings. The van der Waals surface area contributed by atoms with Crippen molar-refractivity contribution in [3.63, 3.8) is 0 Å². The molecule has 1 aromatic heterocycles. The van der Waals surface area contributed by atoms with Crippen LogP contribution >= 0.6 is 15.9 Å². The van der Waals surface area contributed by atoms with Gasteiger partial charge in [0.1, 0.15) is 5.82 Å². The Hall–Kier alpha value is -1.68. The summed E-state index contributed by atoms with van der Waals surface area (Å²) < 4.78 is 1.03. The number of hydrogen-bond donors (Lipinski definition) is 0. The summed E-state index contributed by atoms with van der Waals surface area (Å²) in [5.41, 5.74) is 1.04. The van der Waals surface area contributed by atoms with E-state index in [4.69, 9.17) is 0 Å². The first kappa shape index (κ1) is 16.2. The van der Waals surface area contributed by atoms with E-state index < -0.39 is 0 Å². The summed E-state index contributed by atoms with van der Waals surface area (Å²) in [6, 6.07) is 14.0. The highest BCUT2D eigenvalue weighted by molar-refractivity contribution is 9.10. The molecule has 3 nitrogen and oxygen atoms in total. The number of halogens is 1. The molecule has 0 unspecified atom stereocenters. The second-order valence-corrected chi connectivity index (χ2v) is 6.96. The zero-order chi connectivity index (χ0) is 16.1. The van der Waals surface area contributed by atoms with E-state index in [1.165, 1.54) is 19.3 Å². The molecule has 1 aliphatic rings. The molecule has 3 rings (SSSR count). The highest BCUT2D eigenvalue weighted by Crippen LogP contribution is 2.27. The Labute approximate surface area is 145 Å². The molecule has 120 valence electrons. The Morgan fingerprint density at radius 1 is 1.09 bits per heavy atom. The highest BCUT2D eigenvalue weighted by Gasteiger charge is 2.27. The SMILES string of the molecule is O=C(Cc1ccc(Br)cc1)N(c1ccccn1)C1CCCCC1. The summed E-state index contributed by atoms with van der Waals surface area (Å²) in [6.45, 7) is 0. The van der Waals surface area contributed by atoms with Crippen LogP contribution < -0.4 is 4.90 Å². The maximum Gasteiger partial charge on any atom is 0.232 e. The van der Waals surface area contributed by atoms with Crippen molar-refractivity contribution < 1.29 is 4.79 Å². The van der Waals surface area contributed by atoms with Gasteiger partial charge in [-0.1, -0.05) is 53.4 Å². The van der Waals surface area contributed by atoms with Crippen molar-refractivity contribution in [3.8, 4) is 0 Å². The van der Waals surface area contributed by atoms with E-state index in [2.05, 4.69) is 20.9 Å². The Morgan fingerprint density at radius 2 is 1.83 bits per heavy atom. The van der Waals surface area contributed by atoms with Crippen LogP contribution in [-0.2, 0) is 11.2 Å². The van der Waals surface area contributed by atoms with E-state index in [0.717, 1.165) is 28.7 Å².